The molecule has 0 saturated carbocycles. The number of carbonyl (C=O) groups excluding carboxylic acids is 2. The van der Waals surface area contributed by atoms with E-state index in [-0.39, 0.29) is 24.0 Å². The maximum absolute atomic E-state index is 12.3. The van der Waals surface area contributed by atoms with Crippen molar-refractivity contribution in [2.75, 3.05) is 11.9 Å². The van der Waals surface area contributed by atoms with E-state index >= 15 is 0 Å². The number of phenols is 1. The van der Waals surface area contributed by atoms with Gasteiger partial charge in [-0.25, -0.2) is 0 Å². The molecule has 3 rings (SSSR count). The molecule has 1 fully saturated rings. The maximum atomic E-state index is 12.3. The predicted molar refractivity (Wildman–Crippen MR) is 91.7 cm³/mol. The Kier molecular flexibility index (Phi) is 4.71. The van der Waals surface area contributed by atoms with Gasteiger partial charge < -0.3 is 15.3 Å². The van der Waals surface area contributed by atoms with Crippen molar-refractivity contribution >= 4 is 29.1 Å². The third-order valence-corrected chi connectivity index (χ3v) is 4.24. The first-order valence-electron chi connectivity index (χ1n) is 7.63. The van der Waals surface area contributed by atoms with E-state index in [0.717, 1.165) is 5.56 Å². The summed E-state index contributed by atoms with van der Waals surface area (Å²) < 4.78 is 0. The molecule has 0 aromatic heterocycles. The van der Waals surface area contributed by atoms with Crippen molar-refractivity contribution in [3.05, 3.63) is 59.1 Å². The first-order valence-corrected chi connectivity index (χ1v) is 8.01. The highest BCUT2D eigenvalue weighted by atomic mass is 35.5. The van der Waals surface area contributed by atoms with Crippen LogP contribution in [0.2, 0.25) is 5.02 Å². The topological polar surface area (TPSA) is 69.6 Å². The van der Waals surface area contributed by atoms with Gasteiger partial charge in [0.25, 0.3) is 0 Å². The van der Waals surface area contributed by atoms with Crippen LogP contribution in [0.4, 0.5) is 5.69 Å². The summed E-state index contributed by atoms with van der Waals surface area (Å²) in [7, 11) is 0. The SMILES string of the molecule is O=C(Nc1cccc(O)c1)C1CC(=O)N(Cc2ccc(Cl)cc2)C1. The minimum absolute atomic E-state index is 0.0407. The molecule has 24 heavy (non-hydrogen) atoms. The zero-order valence-corrected chi connectivity index (χ0v) is 13.7. The third-order valence-electron chi connectivity index (χ3n) is 3.99. The highest BCUT2D eigenvalue weighted by molar-refractivity contribution is 6.30. The summed E-state index contributed by atoms with van der Waals surface area (Å²) in [5, 5.41) is 12.8. The van der Waals surface area contributed by atoms with Crippen LogP contribution in [0.3, 0.4) is 0 Å². The number of phenolic OH excluding ortho intramolecular Hbond substituents is 1. The zero-order valence-electron chi connectivity index (χ0n) is 12.9. The number of rotatable bonds is 4. The van der Waals surface area contributed by atoms with Gasteiger partial charge in [-0.2, -0.15) is 0 Å². The van der Waals surface area contributed by atoms with Crippen LogP contribution in [0, 0.1) is 5.92 Å². The van der Waals surface area contributed by atoms with E-state index in [2.05, 4.69) is 5.32 Å². The molecule has 2 aromatic rings. The smallest absolute Gasteiger partial charge is 0.229 e. The fraction of sp³-hybridized carbons (Fsp3) is 0.222. The number of carbonyl (C=O) groups is 2. The summed E-state index contributed by atoms with van der Waals surface area (Å²) in [6, 6.07) is 13.7. The van der Waals surface area contributed by atoms with Gasteiger partial charge in [-0.15, -0.1) is 0 Å². The minimum atomic E-state index is -0.396. The zero-order chi connectivity index (χ0) is 17.1. The van der Waals surface area contributed by atoms with Crippen LogP contribution >= 0.6 is 11.6 Å². The van der Waals surface area contributed by atoms with Gasteiger partial charge in [-0.3, -0.25) is 9.59 Å². The predicted octanol–water partition coefficient (Wildman–Crippen LogP) is 3.03. The van der Waals surface area contributed by atoms with Gasteiger partial charge >= 0.3 is 0 Å². The number of hydrogen-bond acceptors (Lipinski definition) is 3. The maximum Gasteiger partial charge on any atom is 0.229 e. The number of benzene rings is 2. The van der Waals surface area contributed by atoms with E-state index in [0.29, 0.717) is 23.8 Å². The summed E-state index contributed by atoms with van der Waals surface area (Å²) in [5.41, 5.74) is 1.49. The fourth-order valence-corrected chi connectivity index (χ4v) is 2.86. The molecule has 2 amide bonds. The molecule has 1 aliphatic rings. The van der Waals surface area contributed by atoms with Gasteiger partial charge in [0, 0.05) is 36.3 Å². The van der Waals surface area contributed by atoms with E-state index in [9.17, 15) is 14.7 Å². The molecular weight excluding hydrogens is 328 g/mol. The van der Waals surface area contributed by atoms with Crippen molar-refractivity contribution in [2.45, 2.75) is 13.0 Å². The fourth-order valence-electron chi connectivity index (χ4n) is 2.74. The molecule has 1 atom stereocenters. The Hall–Kier alpha value is -2.53. The molecule has 5 nitrogen and oxygen atoms in total. The van der Waals surface area contributed by atoms with Crippen molar-refractivity contribution < 1.29 is 14.7 Å². The Morgan fingerprint density at radius 3 is 2.71 bits per heavy atom. The van der Waals surface area contributed by atoms with E-state index in [1.165, 1.54) is 12.1 Å². The quantitative estimate of drug-likeness (QED) is 0.895. The standard InChI is InChI=1S/C18H17ClN2O3/c19-14-6-4-12(5-7-14)10-21-11-13(8-17(21)23)18(24)20-15-2-1-3-16(22)9-15/h1-7,9,13,22H,8,10-11H2,(H,20,24). The van der Waals surface area contributed by atoms with E-state index < -0.39 is 5.92 Å². The highest BCUT2D eigenvalue weighted by Crippen LogP contribution is 2.23. The number of anilines is 1. The Morgan fingerprint density at radius 2 is 2.00 bits per heavy atom. The van der Waals surface area contributed by atoms with Crippen LogP contribution in [0.5, 0.6) is 5.75 Å². The first-order chi connectivity index (χ1) is 11.5. The number of nitrogens with zero attached hydrogens (tertiary/aromatic N) is 1. The second-order valence-corrected chi connectivity index (χ2v) is 6.28. The van der Waals surface area contributed by atoms with E-state index in [1.807, 2.05) is 12.1 Å². The largest absolute Gasteiger partial charge is 0.508 e. The van der Waals surface area contributed by atoms with Crippen molar-refractivity contribution in [3.8, 4) is 5.75 Å². The molecule has 1 saturated heterocycles. The lowest BCUT2D eigenvalue weighted by atomic mass is 10.1. The van der Waals surface area contributed by atoms with E-state index in [1.54, 1.807) is 29.2 Å². The van der Waals surface area contributed by atoms with Gasteiger partial charge in [-0.1, -0.05) is 29.8 Å². The number of halogens is 1. The Balaban J connectivity index is 1.61. The molecule has 0 aliphatic carbocycles. The summed E-state index contributed by atoms with van der Waals surface area (Å²) in [6.07, 6.45) is 0.193. The third kappa shape index (κ3) is 3.86. The number of amides is 2. The van der Waals surface area contributed by atoms with Crippen molar-refractivity contribution in [1.29, 1.82) is 0 Å². The van der Waals surface area contributed by atoms with Crippen LogP contribution in [0.15, 0.2) is 48.5 Å². The molecule has 2 aromatic carbocycles. The van der Waals surface area contributed by atoms with Crippen LogP contribution in [0.25, 0.3) is 0 Å². The summed E-state index contributed by atoms with van der Waals surface area (Å²) in [4.78, 5) is 26.1. The average Bonchev–Trinajstić information content (AvgIpc) is 2.91. The Morgan fingerprint density at radius 1 is 1.25 bits per heavy atom. The summed E-state index contributed by atoms with van der Waals surface area (Å²) >= 11 is 5.86. The monoisotopic (exact) mass is 344 g/mol. The number of likely N-dealkylation sites (tertiary alicyclic amines) is 1. The molecule has 1 heterocycles. The second-order valence-electron chi connectivity index (χ2n) is 5.84. The van der Waals surface area contributed by atoms with Crippen LogP contribution < -0.4 is 5.32 Å². The lowest BCUT2D eigenvalue weighted by molar-refractivity contribution is -0.128. The molecule has 1 aliphatic heterocycles. The van der Waals surface area contributed by atoms with Crippen LogP contribution in [-0.4, -0.2) is 28.4 Å². The van der Waals surface area contributed by atoms with Gasteiger partial charge in [0.2, 0.25) is 11.8 Å². The minimum Gasteiger partial charge on any atom is -0.508 e. The molecule has 0 bridgehead atoms. The first kappa shape index (κ1) is 16.3. The molecule has 0 radical (unpaired) electrons. The molecule has 0 spiro atoms. The molecule has 6 heteroatoms. The number of hydrogen-bond donors (Lipinski definition) is 2. The van der Waals surface area contributed by atoms with Gasteiger partial charge in [0.05, 0.1) is 5.92 Å². The Labute approximate surface area is 144 Å². The van der Waals surface area contributed by atoms with Gasteiger partial charge in [-0.05, 0) is 29.8 Å². The van der Waals surface area contributed by atoms with E-state index in [4.69, 9.17) is 11.6 Å². The van der Waals surface area contributed by atoms with Crippen molar-refractivity contribution in [3.63, 3.8) is 0 Å². The normalized spacial score (nSPS) is 17.1. The average molecular weight is 345 g/mol. The molecule has 124 valence electrons. The van der Waals surface area contributed by atoms with Crippen LogP contribution in [0.1, 0.15) is 12.0 Å². The molecule has 2 N–H and O–H groups in total. The lowest BCUT2D eigenvalue weighted by Gasteiger charge is -2.16. The summed E-state index contributed by atoms with van der Waals surface area (Å²) in [6.45, 7) is 0.845. The lowest BCUT2D eigenvalue weighted by Crippen LogP contribution is -2.28. The molecular formula is C18H17ClN2O3. The number of nitrogens with one attached hydrogen (secondary N) is 1. The second kappa shape index (κ2) is 6.93. The Bertz CT molecular complexity index is 761. The number of aromatic hydroxyl groups is 1. The van der Waals surface area contributed by atoms with Gasteiger partial charge in [0.1, 0.15) is 5.75 Å². The van der Waals surface area contributed by atoms with Crippen molar-refractivity contribution in [2.24, 2.45) is 5.92 Å². The van der Waals surface area contributed by atoms with Crippen LogP contribution in [-0.2, 0) is 16.1 Å². The van der Waals surface area contributed by atoms with Gasteiger partial charge in [0.15, 0.2) is 0 Å². The van der Waals surface area contributed by atoms with Crippen molar-refractivity contribution in [1.82, 2.24) is 4.90 Å². The summed E-state index contributed by atoms with van der Waals surface area (Å²) in [5.74, 6) is -0.569. The molecule has 1 unspecified atom stereocenters. The highest BCUT2D eigenvalue weighted by Gasteiger charge is 2.34.